The van der Waals surface area contributed by atoms with Crippen LogP contribution in [0, 0.1) is 0 Å². The number of amides is 1. The molecule has 2 aromatic carbocycles. The van der Waals surface area contributed by atoms with Crippen molar-refractivity contribution in [1.82, 2.24) is 5.32 Å². The smallest absolute Gasteiger partial charge is 0.281 e. The number of benzene rings is 2. The van der Waals surface area contributed by atoms with E-state index in [2.05, 4.69) is 5.32 Å². The van der Waals surface area contributed by atoms with Crippen molar-refractivity contribution < 1.29 is 19.0 Å². The largest absolute Gasteiger partial charge is 0.495 e. The number of hydrogen-bond acceptors (Lipinski definition) is 5. The van der Waals surface area contributed by atoms with Crippen molar-refractivity contribution >= 4 is 35.0 Å². The van der Waals surface area contributed by atoms with Crippen LogP contribution < -0.4 is 24.4 Å². The zero-order chi connectivity index (χ0) is 18.7. The normalized spacial score (nSPS) is 15.2. The average molecular weight is 370 g/mol. The molecule has 1 amide bonds. The summed E-state index contributed by atoms with van der Waals surface area (Å²) in [6, 6.07) is 12.6. The van der Waals surface area contributed by atoms with Crippen LogP contribution in [0.5, 0.6) is 17.2 Å². The maximum absolute atomic E-state index is 12.9. The highest BCUT2D eigenvalue weighted by Gasteiger charge is 2.33. The topological polar surface area (TPSA) is 60.0 Å². The van der Waals surface area contributed by atoms with Crippen molar-refractivity contribution in [2.24, 2.45) is 0 Å². The predicted octanol–water partition coefficient (Wildman–Crippen LogP) is 2.97. The summed E-state index contributed by atoms with van der Waals surface area (Å²) in [6.45, 7) is 0. The summed E-state index contributed by atoms with van der Waals surface area (Å²) >= 11 is 5.35. The molecule has 7 heteroatoms. The SMILES string of the molecule is COc1ccccc1N1C(=O)/C(=C\c2cccc(OC)c2OC)NC1=S. The molecule has 0 unspecified atom stereocenters. The molecular formula is C19H18N2O4S. The molecule has 26 heavy (non-hydrogen) atoms. The molecule has 1 fully saturated rings. The number of ether oxygens (including phenoxy) is 3. The van der Waals surface area contributed by atoms with E-state index in [1.54, 1.807) is 45.6 Å². The fraction of sp³-hybridized carbons (Fsp3) is 0.158. The van der Waals surface area contributed by atoms with Crippen molar-refractivity contribution in [3.63, 3.8) is 0 Å². The summed E-state index contributed by atoms with van der Waals surface area (Å²) in [6.07, 6.45) is 1.69. The monoisotopic (exact) mass is 370 g/mol. The van der Waals surface area contributed by atoms with Crippen LogP contribution in [0.2, 0.25) is 0 Å². The van der Waals surface area contributed by atoms with E-state index in [4.69, 9.17) is 26.4 Å². The lowest BCUT2D eigenvalue weighted by atomic mass is 10.1. The van der Waals surface area contributed by atoms with Gasteiger partial charge in [-0.2, -0.15) is 0 Å². The van der Waals surface area contributed by atoms with Crippen molar-refractivity contribution in [2.75, 3.05) is 26.2 Å². The van der Waals surface area contributed by atoms with E-state index in [0.29, 0.717) is 34.2 Å². The van der Waals surface area contributed by atoms with Crippen LogP contribution in [-0.4, -0.2) is 32.3 Å². The molecule has 1 N–H and O–H groups in total. The molecule has 0 atom stereocenters. The number of nitrogens with one attached hydrogen (secondary N) is 1. The van der Waals surface area contributed by atoms with E-state index in [9.17, 15) is 4.79 Å². The van der Waals surface area contributed by atoms with Crippen molar-refractivity contribution in [3.05, 3.63) is 53.7 Å². The maximum atomic E-state index is 12.9. The minimum atomic E-state index is -0.274. The summed E-state index contributed by atoms with van der Waals surface area (Å²) < 4.78 is 16.0. The van der Waals surface area contributed by atoms with Crippen molar-refractivity contribution in [2.45, 2.75) is 0 Å². The summed E-state index contributed by atoms with van der Waals surface area (Å²) in [7, 11) is 4.66. The molecule has 0 saturated carbocycles. The Morgan fingerprint density at radius 2 is 1.65 bits per heavy atom. The summed E-state index contributed by atoms with van der Waals surface area (Å²) in [5, 5.41) is 3.24. The van der Waals surface area contributed by atoms with Crippen molar-refractivity contribution in [3.8, 4) is 17.2 Å². The van der Waals surface area contributed by atoms with Gasteiger partial charge in [-0.25, -0.2) is 4.90 Å². The number of hydrogen-bond donors (Lipinski definition) is 1. The van der Waals surface area contributed by atoms with Gasteiger partial charge in [0.25, 0.3) is 5.91 Å². The lowest BCUT2D eigenvalue weighted by Crippen LogP contribution is -2.30. The lowest BCUT2D eigenvalue weighted by molar-refractivity contribution is -0.113. The summed E-state index contributed by atoms with van der Waals surface area (Å²) in [5.74, 6) is 1.41. The minimum absolute atomic E-state index is 0.274. The van der Waals surface area contributed by atoms with Gasteiger partial charge < -0.3 is 19.5 Å². The third-order valence-corrected chi connectivity index (χ3v) is 4.22. The van der Waals surface area contributed by atoms with Gasteiger partial charge in [0.05, 0.1) is 27.0 Å². The standard InChI is InChI=1S/C19H18N2O4S/c1-23-15-9-5-4-8-14(15)21-18(22)13(20-19(21)26)11-12-7-6-10-16(24-2)17(12)25-3/h4-11H,1-3H3,(H,20,26)/b13-11+. The second-order valence-corrected chi connectivity index (χ2v) is 5.77. The number of thiocarbonyl (C=S) groups is 1. The Balaban J connectivity index is 2.01. The molecule has 1 aliphatic rings. The molecule has 1 saturated heterocycles. The molecule has 6 nitrogen and oxygen atoms in total. The highest BCUT2D eigenvalue weighted by Crippen LogP contribution is 2.34. The first-order valence-corrected chi connectivity index (χ1v) is 8.22. The Kier molecular flexibility index (Phi) is 5.09. The Labute approximate surface area is 157 Å². The molecule has 0 radical (unpaired) electrons. The number of anilines is 1. The van der Waals surface area contributed by atoms with Crippen LogP contribution >= 0.6 is 12.2 Å². The first-order valence-electron chi connectivity index (χ1n) is 7.81. The summed E-state index contributed by atoms with van der Waals surface area (Å²) in [5.41, 5.74) is 1.62. The van der Waals surface area contributed by atoms with Gasteiger partial charge in [-0.15, -0.1) is 0 Å². The minimum Gasteiger partial charge on any atom is -0.495 e. The number of nitrogens with zero attached hydrogens (tertiary/aromatic N) is 1. The highest BCUT2D eigenvalue weighted by molar-refractivity contribution is 7.80. The Bertz CT molecular complexity index is 895. The van der Waals surface area contributed by atoms with Gasteiger partial charge in [-0.3, -0.25) is 4.79 Å². The van der Waals surface area contributed by atoms with Crippen molar-refractivity contribution in [1.29, 1.82) is 0 Å². The van der Waals surface area contributed by atoms with E-state index in [-0.39, 0.29) is 11.0 Å². The first-order chi connectivity index (χ1) is 12.6. The van der Waals surface area contributed by atoms with Gasteiger partial charge >= 0.3 is 0 Å². The molecule has 134 valence electrons. The number of rotatable bonds is 5. The first kappa shape index (κ1) is 17.8. The molecular weight excluding hydrogens is 352 g/mol. The third kappa shape index (κ3) is 3.09. The van der Waals surface area contributed by atoms with Crippen LogP contribution in [0.15, 0.2) is 48.2 Å². The molecule has 2 aromatic rings. The van der Waals surface area contributed by atoms with Crippen LogP contribution in [0.4, 0.5) is 5.69 Å². The zero-order valence-corrected chi connectivity index (χ0v) is 15.4. The van der Waals surface area contributed by atoms with E-state index >= 15 is 0 Å². The Morgan fingerprint density at radius 1 is 0.962 bits per heavy atom. The van der Waals surface area contributed by atoms with E-state index in [0.717, 1.165) is 0 Å². The Hall–Kier alpha value is -3.06. The van der Waals surface area contributed by atoms with E-state index in [1.807, 2.05) is 24.3 Å². The molecule has 1 heterocycles. The van der Waals surface area contributed by atoms with Crippen LogP contribution in [0.1, 0.15) is 5.56 Å². The maximum Gasteiger partial charge on any atom is 0.281 e. The molecule has 0 aliphatic carbocycles. The van der Waals surface area contributed by atoms with Gasteiger partial charge in [0.15, 0.2) is 16.6 Å². The second-order valence-electron chi connectivity index (χ2n) is 5.38. The Morgan fingerprint density at radius 3 is 2.35 bits per heavy atom. The fourth-order valence-corrected chi connectivity index (χ4v) is 3.04. The third-order valence-electron chi connectivity index (χ3n) is 3.94. The number of para-hydroxylation sites is 3. The number of methoxy groups -OCH3 is 3. The molecule has 0 bridgehead atoms. The molecule has 1 aliphatic heterocycles. The van der Waals surface area contributed by atoms with Gasteiger partial charge in [-0.1, -0.05) is 24.3 Å². The van der Waals surface area contributed by atoms with Crippen LogP contribution in [0.25, 0.3) is 6.08 Å². The number of carbonyl (C=O) groups excluding carboxylic acids is 1. The van der Waals surface area contributed by atoms with Gasteiger partial charge in [0, 0.05) is 5.56 Å². The second kappa shape index (κ2) is 7.45. The quantitative estimate of drug-likeness (QED) is 0.645. The summed E-state index contributed by atoms with van der Waals surface area (Å²) in [4.78, 5) is 14.3. The van der Waals surface area contributed by atoms with Gasteiger partial charge in [0.1, 0.15) is 11.4 Å². The molecule has 3 rings (SSSR count). The van der Waals surface area contributed by atoms with Crippen LogP contribution in [-0.2, 0) is 4.79 Å². The molecule has 0 spiro atoms. The van der Waals surface area contributed by atoms with Crippen LogP contribution in [0.3, 0.4) is 0 Å². The highest BCUT2D eigenvalue weighted by atomic mass is 32.1. The lowest BCUT2D eigenvalue weighted by Gasteiger charge is -2.17. The van der Waals surface area contributed by atoms with E-state index in [1.165, 1.54) is 4.90 Å². The van der Waals surface area contributed by atoms with E-state index < -0.39 is 0 Å². The predicted molar refractivity (Wildman–Crippen MR) is 104 cm³/mol. The zero-order valence-electron chi connectivity index (χ0n) is 14.6. The average Bonchev–Trinajstić information content (AvgIpc) is 2.94. The number of carbonyl (C=O) groups is 1. The van der Waals surface area contributed by atoms with Gasteiger partial charge in [0.2, 0.25) is 0 Å². The fourth-order valence-electron chi connectivity index (χ4n) is 2.75. The van der Waals surface area contributed by atoms with Gasteiger partial charge in [-0.05, 0) is 36.5 Å². The molecule has 0 aromatic heterocycles.